The minimum absolute atomic E-state index is 0.244. The molecular weight excluding hydrogens is 438 g/mol. The highest BCUT2D eigenvalue weighted by atomic mass is 35.5. The van der Waals surface area contributed by atoms with E-state index in [9.17, 15) is 9.59 Å². The van der Waals surface area contributed by atoms with Crippen LogP contribution in [0, 0.1) is 0 Å². The van der Waals surface area contributed by atoms with Crippen LogP contribution in [-0.2, 0) is 4.79 Å². The zero-order chi connectivity index (χ0) is 21.8. The van der Waals surface area contributed by atoms with Crippen molar-refractivity contribution in [3.8, 4) is 17.2 Å². The smallest absolute Gasteiger partial charge is 0.277 e. The summed E-state index contributed by atoms with van der Waals surface area (Å²) < 4.78 is 10.9. The topological polar surface area (TPSA) is 85.5 Å². The summed E-state index contributed by atoms with van der Waals surface area (Å²) in [4.78, 5) is 27.4. The second-order valence-electron chi connectivity index (χ2n) is 7.01. The Morgan fingerprint density at radius 1 is 1.13 bits per heavy atom. The SMILES string of the molecule is COc1ccc(-c2nnc(S[C@H]3CCCCN(C(=O)c4ccc(Cl)cc4)C3=O)o2)cc1. The van der Waals surface area contributed by atoms with Crippen molar-refractivity contribution in [2.24, 2.45) is 0 Å². The summed E-state index contributed by atoms with van der Waals surface area (Å²) in [5.74, 6) is 0.526. The molecule has 0 radical (unpaired) electrons. The molecule has 2 heterocycles. The van der Waals surface area contributed by atoms with Crippen molar-refractivity contribution < 1.29 is 18.7 Å². The van der Waals surface area contributed by atoms with Crippen LogP contribution in [0.5, 0.6) is 5.75 Å². The summed E-state index contributed by atoms with van der Waals surface area (Å²) in [6, 6.07) is 13.8. The van der Waals surface area contributed by atoms with Gasteiger partial charge in [0.15, 0.2) is 0 Å². The van der Waals surface area contributed by atoms with Gasteiger partial charge in [-0.3, -0.25) is 14.5 Å². The van der Waals surface area contributed by atoms with Gasteiger partial charge in [0.05, 0.1) is 12.4 Å². The van der Waals surface area contributed by atoms with Gasteiger partial charge in [0, 0.05) is 22.7 Å². The molecule has 0 bridgehead atoms. The fourth-order valence-electron chi connectivity index (χ4n) is 3.30. The first kappa shape index (κ1) is 21.4. The third-order valence-electron chi connectivity index (χ3n) is 4.96. The molecule has 7 nitrogen and oxygen atoms in total. The molecule has 3 aromatic rings. The molecule has 0 unspecified atom stereocenters. The predicted octanol–water partition coefficient (Wildman–Crippen LogP) is 4.71. The van der Waals surface area contributed by atoms with Crippen LogP contribution in [0.2, 0.25) is 5.02 Å². The standard InChI is InChI=1S/C22H20ClN3O4S/c1-29-17-11-7-14(8-12-17)19-24-25-22(30-19)31-18-4-2-3-13-26(21(18)28)20(27)15-5-9-16(23)10-6-15/h5-12,18H,2-4,13H2,1H3/t18-/m0/s1. The lowest BCUT2D eigenvalue weighted by molar-refractivity contribution is -0.127. The minimum atomic E-state index is -0.470. The molecular formula is C22H20ClN3O4S. The molecule has 1 fully saturated rings. The maximum Gasteiger partial charge on any atom is 0.277 e. The Kier molecular flexibility index (Phi) is 6.58. The molecule has 1 saturated heterocycles. The van der Waals surface area contributed by atoms with Gasteiger partial charge in [0.2, 0.25) is 11.8 Å². The van der Waals surface area contributed by atoms with E-state index in [0.717, 1.165) is 24.2 Å². The fraction of sp³-hybridized carbons (Fsp3) is 0.273. The quantitative estimate of drug-likeness (QED) is 0.512. The van der Waals surface area contributed by atoms with E-state index >= 15 is 0 Å². The summed E-state index contributed by atoms with van der Waals surface area (Å²) in [5.41, 5.74) is 1.19. The average molecular weight is 458 g/mol. The van der Waals surface area contributed by atoms with Crippen LogP contribution >= 0.6 is 23.4 Å². The van der Waals surface area contributed by atoms with Crippen molar-refractivity contribution in [2.75, 3.05) is 13.7 Å². The zero-order valence-electron chi connectivity index (χ0n) is 16.8. The van der Waals surface area contributed by atoms with Gasteiger partial charge in [-0.15, -0.1) is 10.2 Å². The maximum absolute atomic E-state index is 13.1. The van der Waals surface area contributed by atoms with Crippen LogP contribution in [0.25, 0.3) is 11.5 Å². The van der Waals surface area contributed by atoms with E-state index in [1.807, 2.05) is 12.1 Å². The Labute approximate surface area is 188 Å². The third kappa shape index (κ3) is 4.91. The number of carbonyl (C=O) groups is 2. The lowest BCUT2D eigenvalue weighted by Crippen LogP contribution is -2.41. The number of halogens is 1. The lowest BCUT2D eigenvalue weighted by atomic mass is 10.2. The molecule has 2 amide bonds. The number of methoxy groups -OCH3 is 1. The van der Waals surface area contributed by atoms with Gasteiger partial charge in [-0.05, 0) is 61.4 Å². The number of benzene rings is 2. The average Bonchev–Trinajstić information content (AvgIpc) is 3.19. The summed E-state index contributed by atoms with van der Waals surface area (Å²) in [5, 5.41) is 8.52. The molecule has 0 aliphatic carbocycles. The van der Waals surface area contributed by atoms with Crippen LogP contribution in [0.1, 0.15) is 29.6 Å². The van der Waals surface area contributed by atoms with E-state index in [1.165, 1.54) is 16.7 Å². The van der Waals surface area contributed by atoms with Crippen LogP contribution in [0.3, 0.4) is 0 Å². The molecule has 9 heteroatoms. The van der Waals surface area contributed by atoms with Gasteiger partial charge in [-0.25, -0.2) is 0 Å². The molecule has 1 aromatic heterocycles. The first-order chi connectivity index (χ1) is 15.0. The van der Waals surface area contributed by atoms with E-state index < -0.39 is 5.25 Å². The van der Waals surface area contributed by atoms with Gasteiger partial charge in [-0.1, -0.05) is 29.8 Å². The van der Waals surface area contributed by atoms with Gasteiger partial charge < -0.3 is 9.15 Å². The number of aromatic nitrogens is 2. The van der Waals surface area contributed by atoms with Crippen molar-refractivity contribution in [1.82, 2.24) is 15.1 Å². The molecule has 1 aliphatic heterocycles. The summed E-state index contributed by atoms with van der Waals surface area (Å²) in [6.45, 7) is 0.387. The molecule has 1 atom stereocenters. The number of thioether (sulfide) groups is 1. The van der Waals surface area contributed by atoms with Crippen LogP contribution < -0.4 is 4.74 Å². The molecule has 0 spiro atoms. The largest absolute Gasteiger partial charge is 0.497 e. The number of nitrogens with zero attached hydrogens (tertiary/aromatic N) is 3. The van der Waals surface area contributed by atoms with Crippen molar-refractivity contribution in [3.63, 3.8) is 0 Å². The second-order valence-corrected chi connectivity index (χ2v) is 8.60. The molecule has 31 heavy (non-hydrogen) atoms. The van der Waals surface area contributed by atoms with Crippen molar-refractivity contribution in [3.05, 3.63) is 59.1 Å². The zero-order valence-corrected chi connectivity index (χ0v) is 18.4. The van der Waals surface area contributed by atoms with E-state index in [4.69, 9.17) is 20.8 Å². The normalized spacial score (nSPS) is 16.8. The van der Waals surface area contributed by atoms with Crippen LogP contribution in [-0.4, -0.2) is 45.8 Å². The van der Waals surface area contributed by atoms with Gasteiger partial charge in [0.1, 0.15) is 5.75 Å². The van der Waals surface area contributed by atoms with Crippen molar-refractivity contribution in [2.45, 2.75) is 29.7 Å². The van der Waals surface area contributed by atoms with E-state index in [2.05, 4.69) is 10.2 Å². The molecule has 1 aliphatic rings. The van der Waals surface area contributed by atoms with Crippen molar-refractivity contribution >= 4 is 35.2 Å². The number of hydrogen-bond acceptors (Lipinski definition) is 7. The fourth-order valence-corrected chi connectivity index (χ4v) is 4.39. The molecule has 0 N–H and O–H groups in total. The molecule has 4 rings (SSSR count). The Balaban J connectivity index is 1.48. The van der Waals surface area contributed by atoms with Gasteiger partial charge in [-0.2, -0.15) is 0 Å². The minimum Gasteiger partial charge on any atom is -0.497 e. The monoisotopic (exact) mass is 457 g/mol. The Morgan fingerprint density at radius 2 is 1.87 bits per heavy atom. The molecule has 2 aromatic carbocycles. The second kappa shape index (κ2) is 9.53. The molecule has 160 valence electrons. The number of likely N-dealkylation sites (tertiary alicyclic amines) is 1. The lowest BCUT2D eigenvalue weighted by Gasteiger charge is -2.21. The number of amides is 2. The van der Waals surface area contributed by atoms with Gasteiger partial charge in [0.25, 0.3) is 11.1 Å². The number of ether oxygens (including phenoxy) is 1. The van der Waals surface area contributed by atoms with E-state index in [0.29, 0.717) is 34.7 Å². The third-order valence-corrected chi connectivity index (χ3v) is 6.30. The number of rotatable bonds is 5. The molecule has 0 saturated carbocycles. The first-order valence-electron chi connectivity index (χ1n) is 9.81. The number of hydrogen-bond donors (Lipinski definition) is 0. The summed E-state index contributed by atoms with van der Waals surface area (Å²) in [6.07, 6.45) is 2.21. The van der Waals surface area contributed by atoms with Crippen LogP contribution in [0.4, 0.5) is 0 Å². The maximum atomic E-state index is 13.1. The number of imide groups is 1. The highest BCUT2D eigenvalue weighted by Crippen LogP contribution is 2.32. The highest BCUT2D eigenvalue weighted by molar-refractivity contribution is 8.00. The Hall–Kier alpha value is -2.84. The highest BCUT2D eigenvalue weighted by Gasteiger charge is 2.33. The summed E-state index contributed by atoms with van der Waals surface area (Å²) in [7, 11) is 1.60. The van der Waals surface area contributed by atoms with E-state index in [-0.39, 0.29) is 11.8 Å². The summed E-state index contributed by atoms with van der Waals surface area (Å²) >= 11 is 7.11. The number of carbonyl (C=O) groups excluding carboxylic acids is 2. The van der Waals surface area contributed by atoms with Gasteiger partial charge >= 0.3 is 0 Å². The Bertz CT molecular complexity index is 1070. The van der Waals surface area contributed by atoms with Crippen LogP contribution in [0.15, 0.2) is 58.2 Å². The first-order valence-corrected chi connectivity index (χ1v) is 11.1. The van der Waals surface area contributed by atoms with Crippen molar-refractivity contribution in [1.29, 1.82) is 0 Å². The predicted molar refractivity (Wildman–Crippen MR) is 117 cm³/mol. The Morgan fingerprint density at radius 3 is 2.58 bits per heavy atom. The van der Waals surface area contributed by atoms with E-state index in [1.54, 1.807) is 43.5 Å².